The maximum atomic E-state index is 8.85. The van der Waals surface area contributed by atoms with E-state index in [1.807, 2.05) is 13.1 Å². The van der Waals surface area contributed by atoms with E-state index in [4.69, 9.17) is 4.80 Å². The van der Waals surface area contributed by atoms with E-state index < -0.39 is 8.32 Å². The standard InChI is InChI=1S/C4H10OSi.K.H/c1-4-6(2,3)5;;/h4-5H,1H2,2-3H3;;. The van der Waals surface area contributed by atoms with Gasteiger partial charge in [0.25, 0.3) is 0 Å². The van der Waals surface area contributed by atoms with Gasteiger partial charge in [0.15, 0.2) is 0 Å². The van der Waals surface area contributed by atoms with Crippen LogP contribution in [0.15, 0.2) is 12.3 Å². The summed E-state index contributed by atoms with van der Waals surface area (Å²) in [5.41, 5.74) is 1.63. The van der Waals surface area contributed by atoms with Crippen LogP contribution in [-0.4, -0.2) is 64.5 Å². The van der Waals surface area contributed by atoms with Gasteiger partial charge in [0, 0.05) is 0 Å². The minimum atomic E-state index is -1.87. The Morgan fingerprint density at radius 3 is 1.71 bits per heavy atom. The average molecular weight is 142 g/mol. The van der Waals surface area contributed by atoms with Crippen LogP contribution in [0.25, 0.3) is 0 Å². The predicted molar refractivity (Wildman–Crippen MR) is 37.0 cm³/mol. The fourth-order valence-electron chi connectivity index (χ4n) is 0. The molecule has 0 fully saturated rings. The second kappa shape index (κ2) is 4.43. The van der Waals surface area contributed by atoms with Gasteiger partial charge in [0.1, 0.15) is 0 Å². The van der Waals surface area contributed by atoms with Gasteiger partial charge in [-0.25, -0.2) is 0 Å². The van der Waals surface area contributed by atoms with Crippen molar-refractivity contribution >= 4 is 59.7 Å². The van der Waals surface area contributed by atoms with Crippen LogP contribution in [0.2, 0.25) is 13.1 Å². The summed E-state index contributed by atoms with van der Waals surface area (Å²) in [6.07, 6.45) is 0. The Kier molecular flexibility index (Phi) is 7.20. The zero-order valence-corrected chi connectivity index (χ0v) is 5.23. The number of hydrogen-bond donors (Lipinski definition) is 1. The molecule has 0 radical (unpaired) electrons. The Labute approximate surface area is 88.4 Å². The summed E-state index contributed by atoms with van der Waals surface area (Å²) in [5.74, 6) is 0. The molecule has 1 nitrogen and oxygen atoms in total. The van der Waals surface area contributed by atoms with Gasteiger partial charge in [-0.1, -0.05) is 5.70 Å². The predicted octanol–water partition coefficient (Wildman–Crippen LogP) is 0.260. The topological polar surface area (TPSA) is 20.2 Å². The van der Waals surface area contributed by atoms with Gasteiger partial charge in [-0.3, -0.25) is 0 Å². The van der Waals surface area contributed by atoms with Crippen molar-refractivity contribution in [2.75, 3.05) is 0 Å². The van der Waals surface area contributed by atoms with Gasteiger partial charge in [-0.15, -0.1) is 6.58 Å². The summed E-state index contributed by atoms with van der Waals surface area (Å²) in [7, 11) is -1.87. The zero-order chi connectivity index (χ0) is 5.21. The van der Waals surface area contributed by atoms with Crippen LogP contribution in [0.5, 0.6) is 0 Å². The maximum absolute atomic E-state index is 8.85. The molecule has 0 aliphatic rings. The molecule has 7 heavy (non-hydrogen) atoms. The summed E-state index contributed by atoms with van der Waals surface area (Å²) in [6, 6.07) is 0. The summed E-state index contributed by atoms with van der Waals surface area (Å²) in [4.78, 5) is 8.85. The molecule has 0 spiro atoms. The third-order valence-electron chi connectivity index (χ3n) is 0.500. The molecule has 0 aromatic carbocycles. The summed E-state index contributed by atoms with van der Waals surface area (Å²) < 4.78 is 0. The first-order chi connectivity index (χ1) is 2.56. The monoisotopic (exact) mass is 142 g/mol. The molecule has 0 rings (SSSR count). The van der Waals surface area contributed by atoms with Crippen LogP contribution in [-0.2, 0) is 0 Å². The molecule has 0 aromatic heterocycles. The van der Waals surface area contributed by atoms with Crippen molar-refractivity contribution in [3.05, 3.63) is 12.3 Å². The van der Waals surface area contributed by atoms with E-state index in [0.717, 1.165) is 0 Å². The minimum absolute atomic E-state index is 0. The van der Waals surface area contributed by atoms with Crippen molar-refractivity contribution < 1.29 is 4.80 Å². The second-order valence-electron chi connectivity index (χ2n) is 1.86. The Hall–Kier alpha value is 1.55. The van der Waals surface area contributed by atoms with Crippen LogP contribution in [0.1, 0.15) is 0 Å². The molecule has 0 aliphatic carbocycles. The summed E-state index contributed by atoms with van der Waals surface area (Å²) in [5, 5.41) is 0. The first-order valence-corrected chi connectivity index (χ1v) is 4.95. The second-order valence-corrected chi connectivity index (χ2v) is 5.57. The van der Waals surface area contributed by atoms with Gasteiger partial charge in [-0.05, 0) is 13.1 Å². The van der Waals surface area contributed by atoms with Crippen LogP contribution >= 0.6 is 0 Å². The Morgan fingerprint density at radius 1 is 1.57 bits per heavy atom. The van der Waals surface area contributed by atoms with E-state index in [9.17, 15) is 0 Å². The van der Waals surface area contributed by atoms with E-state index in [2.05, 4.69) is 6.58 Å². The van der Waals surface area contributed by atoms with E-state index in [1.54, 1.807) is 5.70 Å². The van der Waals surface area contributed by atoms with Crippen molar-refractivity contribution in [1.82, 2.24) is 0 Å². The Bertz CT molecular complexity index is 57.2. The van der Waals surface area contributed by atoms with E-state index in [0.29, 0.717) is 0 Å². The molecule has 0 bridgehead atoms. The molecule has 3 heteroatoms. The molecule has 38 valence electrons. The van der Waals surface area contributed by atoms with Gasteiger partial charge >= 0.3 is 51.4 Å². The number of rotatable bonds is 1. The van der Waals surface area contributed by atoms with Crippen molar-refractivity contribution in [3.63, 3.8) is 0 Å². The van der Waals surface area contributed by atoms with Crippen LogP contribution in [0.3, 0.4) is 0 Å². The van der Waals surface area contributed by atoms with Gasteiger partial charge < -0.3 is 4.80 Å². The molecular weight excluding hydrogens is 131 g/mol. The summed E-state index contributed by atoms with van der Waals surface area (Å²) >= 11 is 0. The van der Waals surface area contributed by atoms with Gasteiger partial charge in [0.05, 0.1) is 0 Å². The first-order valence-electron chi connectivity index (χ1n) is 1.92. The van der Waals surface area contributed by atoms with Crippen molar-refractivity contribution in [1.29, 1.82) is 0 Å². The fraction of sp³-hybridized carbons (Fsp3) is 0.500. The van der Waals surface area contributed by atoms with E-state index >= 15 is 0 Å². The van der Waals surface area contributed by atoms with Crippen LogP contribution in [0, 0.1) is 0 Å². The van der Waals surface area contributed by atoms with E-state index in [-0.39, 0.29) is 51.4 Å². The fourth-order valence-corrected chi connectivity index (χ4v) is 0. The molecule has 0 atom stereocenters. The van der Waals surface area contributed by atoms with Gasteiger partial charge in [-0.2, -0.15) is 0 Å². The molecular formula is C4H11KOSi. The Morgan fingerprint density at radius 2 is 1.71 bits per heavy atom. The van der Waals surface area contributed by atoms with Gasteiger partial charge in [0.2, 0.25) is 8.32 Å². The normalized spacial score (nSPS) is 9.57. The number of hydrogen-bond acceptors (Lipinski definition) is 1. The first kappa shape index (κ1) is 11.4. The van der Waals surface area contributed by atoms with E-state index in [1.165, 1.54) is 0 Å². The quantitative estimate of drug-likeness (QED) is 0.521. The molecule has 0 saturated heterocycles. The van der Waals surface area contributed by atoms with Crippen LogP contribution < -0.4 is 0 Å². The Balaban J connectivity index is 0. The zero-order valence-electron chi connectivity index (χ0n) is 4.23. The SMILES string of the molecule is C=C[Si](C)(C)O.[KH]. The molecule has 0 unspecified atom stereocenters. The van der Waals surface area contributed by atoms with Crippen molar-refractivity contribution in [2.45, 2.75) is 13.1 Å². The molecule has 0 heterocycles. The van der Waals surface area contributed by atoms with Crippen LogP contribution in [0.4, 0.5) is 0 Å². The molecule has 0 aromatic rings. The van der Waals surface area contributed by atoms with Crippen molar-refractivity contribution in [2.24, 2.45) is 0 Å². The van der Waals surface area contributed by atoms with Crippen molar-refractivity contribution in [3.8, 4) is 0 Å². The molecule has 1 N–H and O–H groups in total. The molecule has 0 saturated carbocycles. The third-order valence-corrected chi connectivity index (χ3v) is 1.50. The average Bonchev–Trinajstić information content (AvgIpc) is 1.35. The molecule has 0 aliphatic heterocycles. The molecule has 0 amide bonds. The third kappa shape index (κ3) is 11.2. The summed E-state index contributed by atoms with van der Waals surface area (Å²) in [6.45, 7) is 7.08.